The molecular formula is C21H15Cl2N3O5S. The number of sulfonamides is 1. The lowest BCUT2D eigenvalue weighted by Crippen LogP contribution is -2.28. The van der Waals surface area contributed by atoms with Gasteiger partial charge in [-0.1, -0.05) is 29.3 Å². The third-order valence-electron chi connectivity index (χ3n) is 4.99. The lowest BCUT2D eigenvalue weighted by Gasteiger charge is -2.17. The zero-order valence-electron chi connectivity index (χ0n) is 16.3. The second-order valence-electron chi connectivity index (χ2n) is 7.03. The fourth-order valence-corrected chi connectivity index (χ4v) is 5.24. The Morgan fingerprint density at radius 2 is 1.75 bits per heavy atom. The Bertz CT molecular complexity index is 1340. The largest absolute Gasteiger partial charge is 0.308 e. The second-order valence-corrected chi connectivity index (χ2v) is 9.53. The van der Waals surface area contributed by atoms with Crippen LogP contribution in [0.25, 0.3) is 0 Å². The van der Waals surface area contributed by atoms with Crippen molar-refractivity contribution in [1.82, 2.24) is 0 Å². The van der Waals surface area contributed by atoms with Gasteiger partial charge < -0.3 is 4.90 Å². The van der Waals surface area contributed by atoms with E-state index in [4.69, 9.17) is 23.2 Å². The molecule has 4 rings (SSSR count). The number of hydrogen-bond acceptors (Lipinski definition) is 5. The van der Waals surface area contributed by atoms with Crippen molar-refractivity contribution in [2.45, 2.75) is 11.3 Å². The summed E-state index contributed by atoms with van der Waals surface area (Å²) in [6.07, 6.45) is 0.595. The number of nitro benzene ring substituents is 1. The summed E-state index contributed by atoms with van der Waals surface area (Å²) >= 11 is 11.9. The Morgan fingerprint density at radius 3 is 2.44 bits per heavy atom. The van der Waals surface area contributed by atoms with E-state index in [1.807, 2.05) is 0 Å². The first-order chi connectivity index (χ1) is 15.2. The minimum Gasteiger partial charge on any atom is -0.308 e. The van der Waals surface area contributed by atoms with E-state index in [1.165, 1.54) is 59.5 Å². The van der Waals surface area contributed by atoms with Gasteiger partial charge in [0.1, 0.15) is 4.90 Å². The van der Waals surface area contributed by atoms with Crippen LogP contribution in [0.1, 0.15) is 15.9 Å². The van der Waals surface area contributed by atoms with Crippen LogP contribution < -0.4 is 9.62 Å². The molecule has 0 aromatic heterocycles. The first-order valence-electron chi connectivity index (χ1n) is 9.33. The van der Waals surface area contributed by atoms with Crippen LogP contribution in [-0.2, 0) is 16.4 Å². The van der Waals surface area contributed by atoms with Gasteiger partial charge in [0.25, 0.3) is 21.6 Å². The molecular weight excluding hydrogens is 477 g/mol. The van der Waals surface area contributed by atoms with Crippen LogP contribution in [0.4, 0.5) is 17.1 Å². The molecule has 1 N–H and O–H groups in total. The molecule has 164 valence electrons. The van der Waals surface area contributed by atoms with Crippen molar-refractivity contribution >= 4 is 56.2 Å². The van der Waals surface area contributed by atoms with E-state index in [0.717, 1.165) is 5.56 Å². The molecule has 3 aromatic rings. The Morgan fingerprint density at radius 1 is 1.03 bits per heavy atom. The molecule has 0 atom stereocenters. The van der Waals surface area contributed by atoms with Crippen LogP contribution in [0.15, 0.2) is 65.6 Å². The number of rotatable bonds is 5. The summed E-state index contributed by atoms with van der Waals surface area (Å²) in [4.78, 5) is 24.9. The number of nitrogens with zero attached hydrogens (tertiary/aromatic N) is 2. The van der Waals surface area contributed by atoms with Crippen molar-refractivity contribution in [1.29, 1.82) is 0 Å². The number of hydrogen-bond donors (Lipinski definition) is 1. The summed E-state index contributed by atoms with van der Waals surface area (Å²) in [6, 6.07) is 14.4. The fourth-order valence-electron chi connectivity index (χ4n) is 3.42. The Balaban J connectivity index is 1.55. The Kier molecular flexibility index (Phi) is 5.81. The van der Waals surface area contributed by atoms with Gasteiger partial charge in [0.2, 0.25) is 0 Å². The van der Waals surface area contributed by atoms with Crippen LogP contribution in [0.5, 0.6) is 0 Å². The van der Waals surface area contributed by atoms with Crippen LogP contribution in [-0.4, -0.2) is 25.8 Å². The van der Waals surface area contributed by atoms with Gasteiger partial charge in [0, 0.05) is 35.0 Å². The number of fused-ring (bicyclic) bond motifs is 1. The third-order valence-corrected chi connectivity index (χ3v) is 7.09. The molecule has 0 aliphatic carbocycles. The number of benzene rings is 3. The minimum atomic E-state index is -3.99. The summed E-state index contributed by atoms with van der Waals surface area (Å²) in [7, 11) is -3.99. The van der Waals surface area contributed by atoms with Gasteiger partial charge in [0.05, 0.1) is 15.6 Å². The first kappa shape index (κ1) is 22.1. The number of nitro groups is 1. The highest BCUT2D eigenvalue weighted by Gasteiger charge is 2.27. The van der Waals surface area contributed by atoms with Gasteiger partial charge in [-0.05, 0) is 54.4 Å². The average Bonchev–Trinajstić information content (AvgIpc) is 3.18. The molecule has 8 nitrogen and oxygen atoms in total. The summed E-state index contributed by atoms with van der Waals surface area (Å²) < 4.78 is 27.7. The highest BCUT2D eigenvalue weighted by atomic mass is 35.5. The maximum atomic E-state index is 13.0. The van der Waals surface area contributed by atoms with E-state index >= 15 is 0 Å². The number of carbonyl (C=O) groups is 1. The van der Waals surface area contributed by atoms with E-state index < -0.39 is 14.9 Å². The van der Waals surface area contributed by atoms with Crippen molar-refractivity contribution in [3.05, 3.63) is 92.0 Å². The zero-order valence-corrected chi connectivity index (χ0v) is 18.6. The molecule has 0 saturated carbocycles. The number of non-ortho nitro benzene ring substituents is 1. The predicted molar refractivity (Wildman–Crippen MR) is 122 cm³/mol. The number of amides is 1. The molecule has 0 radical (unpaired) electrons. The van der Waals surface area contributed by atoms with Crippen LogP contribution in [0, 0.1) is 10.1 Å². The monoisotopic (exact) mass is 491 g/mol. The van der Waals surface area contributed by atoms with Gasteiger partial charge >= 0.3 is 0 Å². The van der Waals surface area contributed by atoms with Crippen molar-refractivity contribution in [2.75, 3.05) is 16.2 Å². The molecule has 0 saturated heterocycles. The molecule has 3 aromatic carbocycles. The van der Waals surface area contributed by atoms with E-state index in [-0.39, 0.29) is 32.2 Å². The van der Waals surface area contributed by atoms with Crippen molar-refractivity contribution in [3.63, 3.8) is 0 Å². The molecule has 0 unspecified atom stereocenters. The van der Waals surface area contributed by atoms with Gasteiger partial charge in [-0.15, -0.1) is 0 Å². The van der Waals surface area contributed by atoms with E-state index in [1.54, 1.807) is 6.07 Å². The van der Waals surface area contributed by atoms with E-state index in [9.17, 15) is 23.3 Å². The summed E-state index contributed by atoms with van der Waals surface area (Å²) in [5.41, 5.74) is 1.81. The average molecular weight is 492 g/mol. The van der Waals surface area contributed by atoms with Crippen molar-refractivity contribution < 1.29 is 18.1 Å². The first-order valence-corrected chi connectivity index (χ1v) is 11.6. The van der Waals surface area contributed by atoms with Crippen LogP contribution in [0.2, 0.25) is 10.0 Å². The standard InChI is InChI=1S/C21H15Cl2N3O5S/c22-15-4-8-18(23)20(11-15)32(30,31)24-16-5-1-14(2-6-16)21(27)25-10-9-13-3-7-17(26(28)29)12-19(13)25/h1-8,11-12,24H,9-10H2. The number of nitrogens with one attached hydrogen (secondary N) is 1. The molecule has 1 aliphatic rings. The smallest absolute Gasteiger partial charge is 0.271 e. The highest BCUT2D eigenvalue weighted by molar-refractivity contribution is 7.92. The normalized spacial score (nSPS) is 13.0. The lowest BCUT2D eigenvalue weighted by molar-refractivity contribution is -0.384. The number of carbonyl (C=O) groups excluding carboxylic acids is 1. The van der Waals surface area contributed by atoms with Gasteiger partial charge in [0.15, 0.2) is 0 Å². The molecule has 0 spiro atoms. The molecule has 0 bridgehead atoms. The molecule has 1 heterocycles. The van der Waals surface area contributed by atoms with Gasteiger partial charge in [-0.3, -0.25) is 19.6 Å². The molecule has 1 amide bonds. The Hall–Kier alpha value is -3.14. The molecule has 11 heteroatoms. The van der Waals surface area contributed by atoms with Crippen molar-refractivity contribution in [2.24, 2.45) is 0 Å². The molecule has 0 fully saturated rings. The maximum absolute atomic E-state index is 13.0. The zero-order chi connectivity index (χ0) is 23.0. The topological polar surface area (TPSA) is 110 Å². The van der Waals surface area contributed by atoms with Crippen LogP contribution in [0.3, 0.4) is 0 Å². The Labute approximate surface area is 193 Å². The number of halogens is 2. The third kappa shape index (κ3) is 4.27. The maximum Gasteiger partial charge on any atom is 0.271 e. The summed E-state index contributed by atoms with van der Waals surface area (Å²) in [5.74, 6) is -0.337. The lowest BCUT2D eigenvalue weighted by atomic mass is 10.1. The van der Waals surface area contributed by atoms with E-state index in [0.29, 0.717) is 24.2 Å². The van der Waals surface area contributed by atoms with Crippen LogP contribution >= 0.6 is 23.2 Å². The van der Waals surface area contributed by atoms with E-state index in [2.05, 4.69) is 4.72 Å². The second kappa shape index (κ2) is 8.42. The number of anilines is 2. The quantitative estimate of drug-likeness (QED) is 0.402. The summed E-state index contributed by atoms with van der Waals surface area (Å²) in [5, 5.41) is 11.3. The summed E-state index contributed by atoms with van der Waals surface area (Å²) in [6.45, 7) is 0.400. The SMILES string of the molecule is O=C(c1ccc(NS(=O)(=O)c2cc(Cl)ccc2Cl)cc1)N1CCc2ccc([N+](=O)[O-])cc21. The predicted octanol–water partition coefficient (Wildman–Crippen LogP) is 4.91. The minimum absolute atomic E-state index is 0.0236. The molecule has 32 heavy (non-hydrogen) atoms. The molecule has 1 aliphatic heterocycles. The van der Waals surface area contributed by atoms with Gasteiger partial charge in [-0.25, -0.2) is 8.42 Å². The fraction of sp³-hybridized carbons (Fsp3) is 0.0952. The van der Waals surface area contributed by atoms with Crippen molar-refractivity contribution in [3.8, 4) is 0 Å². The highest BCUT2D eigenvalue weighted by Crippen LogP contribution is 2.33. The van der Waals surface area contributed by atoms with Gasteiger partial charge in [-0.2, -0.15) is 0 Å².